The Morgan fingerprint density at radius 3 is 2.21 bits per heavy atom. The SMILES string of the molecule is Cc1cc2c(c(=O)[nH]1)C(=O)OC2=Cc1ccc(C#Cc2ccc(F)cc2)cc1. The average Bonchev–Trinajstić information content (AvgIpc) is 2.98. The number of carbonyl (C=O) groups excluding carboxylic acids is 1. The van der Waals surface area contributed by atoms with Crippen molar-refractivity contribution in [1.29, 1.82) is 0 Å². The maximum Gasteiger partial charge on any atom is 0.349 e. The van der Waals surface area contributed by atoms with Crippen molar-refractivity contribution < 1.29 is 13.9 Å². The fourth-order valence-corrected chi connectivity index (χ4v) is 2.89. The molecule has 4 rings (SSSR count). The van der Waals surface area contributed by atoms with Crippen LogP contribution in [-0.2, 0) is 4.74 Å². The maximum atomic E-state index is 12.9. The van der Waals surface area contributed by atoms with E-state index in [1.807, 2.05) is 24.3 Å². The van der Waals surface area contributed by atoms with Gasteiger partial charge in [0.15, 0.2) is 0 Å². The quantitative estimate of drug-likeness (QED) is 0.522. The van der Waals surface area contributed by atoms with Crippen LogP contribution in [0.15, 0.2) is 59.4 Å². The number of fused-ring (bicyclic) bond motifs is 1. The van der Waals surface area contributed by atoms with E-state index in [2.05, 4.69) is 16.8 Å². The molecule has 28 heavy (non-hydrogen) atoms. The van der Waals surface area contributed by atoms with Crippen LogP contribution in [0.2, 0.25) is 0 Å². The number of hydrogen-bond acceptors (Lipinski definition) is 3. The van der Waals surface area contributed by atoms with Gasteiger partial charge >= 0.3 is 5.97 Å². The largest absolute Gasteiger partial charge is 0.422 e. The summed E-state index contributed by atoms with van der Waals surface area (Å²) in [6.45, 7) is 1.75. The summed E-state index contributed by atoms with van der Waals surface area (Å²) in [7, 11) is 0. The highest BCUT2D eigenvalue weighted by Crippen LogP contribution is 2.29. The van der Waals surface area contributed by atoms with E-state index < -0.39 is 11.5 Å². The molecule has 1 aliphatic rings. The summed E-state index contributed by atoms with van der Waals surface area (Å²) in [5.74, 6) is 5.39. The van der Waals surface area contributed by atoms with Crippen LogP contribution in [0.1, 0.15) is 38.3 Å². The van der Waals surface area contributed by atoms with Gasteiger partial charge in [0.2, 0.25) is 0 Å². The van der Waals surface area contributed by atoms with Crippen molar-refractivity contribution in [2.24, 2.45) is 0 Å². The first-order valence-electron chi connectivity index (χ1n) is 8.55. The molecule has 2 heterocycles. The minimum atomic E-state index is -0.649. The van der Waals surface area contributed by atoms with Gasteiger partial charge in [0.25, 0.3) is 5.56 Å². The lowest BCUT2D eigenvalue weighted by Crippen LogP contribution is -2.16. The second kappa shape index (κ2) is 7.01. The molecule has 2 aromatic carbocycles. The monoisotopic (exact) mass is 371 g/mol. The molecule has 1 N–H and O–H groups in total. The second-order valence-electron chi connectivity index (χ2n) is 6.35. The Kier molecular flexibility index (Phi) is 4.38. The number of benzene rings is 2. The highest BCUT2D eigenvalue weighted by Gasteiger charge is 2.29. The van der Waals surface area contributed by atoms with E-state index in [1.54, 1.807) is 31.2 Å². The number of rotatable bonds is 1. The van der Waals surface area contributed by atoms with Crippen LogP contribution in [0.25, 0.3) is 11.8 Å². The number of cyclic esters (lactones) is 1. The predicted molar refractivity (Wildman–Crippen MR) is 104 cm³/mol. The van der Waals surface area contributed by atoms with Gasteiger partial charge in [-0.25, -0.2) is 9.18 Å². The Balaban J connectivity index is 1.60. The van der Waals surface area contributed by atoms with Crippen molar-refractivity contribution in [3.05, 3.63) is 104 Å². The highest BCUT2D eigenvalue weighted by atomic mass is 19.1. The summed E-state index contributed by atoms with van der Waals surface area (Å²) in [6, 6.07) is 15.1. The molecular weight excluding hydrogens is 357 g/mol. The lowest BCUT2D eigenvalue weighted by atomic mass is 10.1. The Morgan fingerprint density at radius 1 is 0.964 bits per heavy atom. The summed E-state index contributed by atoms with van der Waals surface area (Å²) in [5, 5.41) is 0. The number of hydrogen-bond donors (Lipinski definition) is 1. The van der Waals surface area contributed by atoms with Gasteiger partial charge in [-0.1, -0.05) is 24.0 Å². The number of halogens is 1. The number of aromatic nitrogens is 1. The van der Waals surface area contributed by atoms with Crippen LogP contribution in [0.3, 0.4) is 0 Å². The van der Waals surface area contributed by atoms with E-state index in [1.165, 1.54) is 12.1 Å². The molecule has 0 saturated heterocycles. The first kappa shape index (κ1) is 17.5. The third-order valence-electron chi connectivity index (χ3n) is 4.24. The second-order valence-corrected chi connectivity index (χ2v) is 6.35. The van der Waals surface area contributed by atoms with E-state index in [-0.39, 0.29) is 11.4 Å². The summed E-state index contributed by atoms with van der Waals surface area (Å²) in [4.78, 5) is 26.5. The lowest BCUT2D eigenvalue weighted by Gasteiger charge is -2.00. The highest BCUT2D eigenvalue weighted by molar-refractivity contribution is 6.05. The smallest absolute Gasteiger partial charge is 0.349 e. The van der Waals surface area contributed by atoms with E-state index >= 15 is 0 Å². The fraction of sp³-hybridized carbons (Fsp3) is 0.0435. The van der Waals surface area contributed by atoms with Gasteiger partial charge in [-0.15, -0.1) is 0 Å². The van der Waals surface area contributed by atoms with Gasteiger partial charge in [0.1, 0.15) is 17.1 Å². The van der Waals surface area contributed by atoms with Gasteiger partial charge in [0.05, 0.1) is 0 Å². The number of nitrogens with one attached hydrogen (secondary N) is 1. The van der Waals surface area contributed by atoms with Crippen LogP contribution in [0, 0.1) is 24.6 Å². The van der Waals surface area contributed by atoms with Crippen molar-refractivity contribution >= 4 is 17.8 Å². The van der Waals surface area contributed by atoms with Gasteiger partial charge in [0, 0.05) is 22.4 Å². The number of esters is 1. The maximum absolute atomic E-state index is 12.9. The van der Waals surface area contributed by atoms with E-state index in [9.17, 15) is 14.0 Å². The molecule has 0 radical (unpaired) electrons. The minimum absolute atomic E-state index is 0.0265. The summed E-state index contributed by atoms with van der Waals surface area (Å²) < 4.78 is 18.2. The Hall–Kier alpha value is -3.91. The lowest BCUT2D eigenvalue weighted by molar-refractivity contribution is 0.0715. The van der Waals surface area contributed by atoms with Crippen molar-refractivity contribution in [3.8, 4) is 11.8 Å². The van der Waals surface area contributed by atoms with Crippen LogP contribution in [0.4, 0.5) is 4.39 Å². The van der Waals surface area contributed by atoms with Crippen molar-refractivity contribution in [3.63, 3.8) is 0 Å². The van der Waals surface area contributed by atoms with Crippen LogP contribution >= 0.6 is 0 Å². The first-order valence-corrected chi connectivity index (χ1v) is 8.55. The number of aryl methyl sites for hydroxylation is 1. The standard InChI is InChI=1S/C23H14FNO3/c1-14-12-19-20(28-23(27)21(19)22(26)25-14)13-17-6-4-15(5-7-17)2-3-16-8-10-18(24)11-9-16/h4-13H,1H3,(H,25,26). The van der Waals surface area contributed by atoms with Crippen molar-refractivity contribution in [2.45, 2.75) is 6.92 Å². The number of ether oxygens (including phenoxy) is 1. The first-order chi connectivity index (χ1) is 13.5. The Morgan fingerprint density at radius 2 is 1.57 bits per heavy atom. The van der Waals surface area contributed by atoms with Gasteiger partial charge < -0.3 is 9.72 Å². The summed E-state index contributed by atoms with van der Waals surface area (Å²) in [5.41, 5.74) is 3.05. The Bertz CT molecular complexity index is 1220. The molecule has 5 heteroatoms. The van der Waals surface area contributed by atoms with Gasteiger partial charge in [-0.3, -0.25) is 4.79 Å². The van der Waals surface area contributed by atoms with E-state index in [0.29, 0.717) is 17.0 Å². The van der Waals surface area contributed by atoms with Gasteiger partial charge in [-0.05, 0) is 61.0 Å². The zero-order valence-corrected chi connectivity index (χ0v) is 14.9. The normalized spacial score (nSPS) is 13.6. The molecular formula is C23H14FNO3. The van der Waals surface area contributed by atoms with Gasteiger partial charge in [-0.2, -0.15) is 0 Å². The third-order valence-corrected chi connectivity index (χ3v) is 4.24. The molecule has 3 aromatic rings. The molecule has 1 aromatic heterocycles. The predicted octanol–water partition coefficient (Wildman–Crippen LogP) is 3.89. The van der Waals surface area contributed by atoms with Crippen LogP contribution in [0.5, 0.6) is 0 Å². The molecule has 0 bridgehead atoms. The van der Waals surface area contributed by atoms with Crippen molar-refractivity contribution in [1.82, 2.24) is 4.98 Å². The molecule has 0 amide bonds. The van der Waals surface area contributed by atoms with Crippen molar-refractivity contribution in [2.75, 3.05) is 0 Å². The zero-order valence-electron chi connectivity index (χ0n) is 14.9. The molecule has 0 saturated carbocycles. The average molecular weight is 371 g/mol. The minimum Gasteiger partial charge on any atom is -0.422 e. The summed E-state index contributed by atoms with van der Waals surface area (Å²) in [6.07, 6.45) is 1.71. The molecule has 0 unspecified atom stereocenters. The molecule has 0 atom stereocenters. The Labute approximate surface area is 160 Å². The van der Waals surface area contributed by atoms with Crippen LogP contribution in [-0.4, -0.2) is 11.0 Å². The van der Waals surface area contributed by atoms with Crippen LogP contribution < -0.4 is 5.56 Å². The molecule has 0 fully saturated rings. The number of aromatic amines is 1. The topological polar surface area (TPSA) is 59.2 Å². The molecule has 0 spiro atoms. The molecule has 0 aliphatic carbocycles. The van der Waals surface area contributed by atoms with E-state index in [4.69, 9.17) is 4.74 Å². The zero-order chi connectivity index (χ0) is 19.7. The molecule has 4 nitrogen and oxygen atoms in total. The number of H-pyrrole nitrogens is 1. The number of carbonyl (C=O) groups is 1. The molecule has 1 aliphatic heterocycles. The third kappa shape index (κ3) is 3.49. The summed E-state index contributed by atoms with van der Waals surface area (Å²) >= 11 is 0. The molecule has 136 valence electrons. The number of pyridine rings is 1. The fourth-order valence-electron chi connectivity index (χ4n) is 2.89. The van der Waals surface area contributed by atoms with E-state index in [0.717, 1.165) is 16.7 Å².